The van der Waals surface area contributed by atoms with Crippen LogP contribution in [-0.2, 0) is 6.18 Å². The minimum absolute atomic E-state index is 0.145. The molecule has 2 N–H and O–H groups in total. The molecule has 0 bridgehead atoms. The van der Waals surface area contributed by atoms with Crippen LogP contribution in [0.4, 0.5) is 30.8 Å². The molecule has 35 heavy (non-hydrogen) atoms. The lowest BCUT2D eigenvalue weighted by Crippen LogP contribution is -2.47. The van der Waals surface area contributed by atoms with Crippen molar-refractivity contribution in [2.45, 2.75) is 20.0 Å². The van der Waals surface area contributed by atoms with Gasteiger partial charge >= 0.3 is 6.18 Å². The molecule has 4 rings (SSSR count). The van der Waals surface area contributed by atoms with E-state index < -0.39 is 11.7 Å². The second-order valence-corrected chi connectivity index (χ2v) is 8.28. The van der Waals surface area contributed by atoms with Crippen molar-refractivity contribution >= 4 is 17.6 Å². The molecule has 0 atom stereocenters. The Morgan fingerprint density at radius 3 is 2.26 bits per heavy atom. The van der Waals surface area contributed by atoms with E-state index in [-0.39, 0.29) is 6.61 Å². The minimum Gasteiger partial charge on any atom is -0.457 e. The van der Waals surface area contributed by atoms with E-state index in [1.54, 1.807) is 18.2 Å². The number of halogens is 3. The number of nitrogens with zero attached hydrogens (tertiary/aromatic N) is 5. The fourth-order valence-electron chi connectivity index (χ4n) is 3.79. The summed E-state index contributed by atoms with van der Waals surface area (Å²) in [4.78, 5) is 17.8. The number of anilines is 3. The van der Waals surface area contributed by atoms with Gasteiger partial charge in [-0.2, -0.15) is 28.1 Å². The number of piperazine rings is 1. The van der Waals surface area contributed by atoms with Crippen molar-refractivity contribution in [1.82, 2.24) is 19.9 Å². The number of aromatic nitrogens is 3. The lowest BCUT2D eigenvalue weighted by molar-refractivity contribution is -0.137. The summed E-state index contributed by atoms with van der Waals surface area (Å²) in [5, 5.41) is 12.3. The number of benzene rings is 2. The Kier molecular flexibility index (Phi) is 7.37. The van der Waals surface area contributed by atoms with Crippen molar-refractivity contribution in [3.63, 3.8) is 0 Å². The molecule has 8 nitrogen and oxygen atoms in total. The Morgan fingerprint density at radius 1 is 0.943 bits per heavy atom. The van der Waals surface area contributed by atoms with Crippen LogP contribution in [0.3, 0.4) is 0 Å². The number of ether oxygens (including phenoxy) is 1. The lowest BCUT2D eigenvalue weighted by atomic mass is 10.2. The highest BCUT2D eigenvalue weighted by Crippen LogP contribution is 2.32. The molecule has 1 saturated heterocycles. The van der Waals surface area contributed by atoms with Crippen LogP contribution in [0.15, 0.2) is 42.5 Å². The molecule has 0 radical (unpaired) electrons. The van der Waals surface area contributed by atoms with Gasteiger partial charge in [-0.15, -0.1) is 0 Å². The van der Waals surface area contributed by atoms with Crippen molar-refractivity contribution in [1.29, 1.82) is 0 Å². The molecular weight excluding hydrogens is 461 g/mol. The van der Waals surface area contributed by atoms with E-state index >= 15 is 0 Å². The van der Waals surface area contributed by atoms with Crippen LogP contribution in [0.5, 0.6) is 11.5 Å². The first kappa shape index (κ1) is 24.7. The van der Waals surface area contributed by atoms with Gasteiger partial charge in [-0.25, -0.2) is 0 Å². The molecule has 1 aliphatic heterocycles. The molecule has 1 fully saturated rings. The fourth-order valence-corrected chi connectivity index (χ4v) is 3.79. The first-order chi connectivity index (χ1) is 16.7. The van der Waals surface area contributed by atoms with Gasteiger partial charge in [0.25, 0.3) is 0 Å². The molecule has 11 heteroatoms. The van der Waals surface area contributed by atoms with Crippen molar-refractivity contribution in [2.75, 3.05) is 49.5 Å². The van der Waals surface area contributed by atoms with Crippen LogP contribution >= 0.6 is 0 Å². The third kappa shape index (κ3) is 6.37. The molecule has 186 valence electrons. The van der Waals surface area contributed by atoms with Gasteiger partial charge in [-0.3, -0.25) is 4.90 Å². The number of aryl methyl sites for hydroxylation is 2. The van der Waals surface area contributed by atoms with E-state index in [4.69, 9.17) is 9.84 Å². The van der Waals surface area contributed by atoms with E-state index in [0.29, 0.717) is 35.8 Å². The lowest BCUT2D eigenvalue weighted by Gasteiger charge is -2.34. The van der Waals surface area contributed by atoms with E-state index in [1.807, 2.05) is 13.8 Å². The number of alkyl halides is 3. The molecule has 0 aliphatic carbocycles. The summed E-state index contributed by atoms with van der Waals surface area (Å²) in [6.45, 7) is 7.68. The second kappa shape index (κ2) is 10.4. The summed E-state index contributed by atoms with van der Waals surface area (Å²) in [6.07, 6.45) is -4.38. The molecule has 3 aromatic rings. The van der Waals surface area contributed by atoms with E-state index in [9.17, 15) is 13.2 Å². The summed E-state index contributed by atoms with van der Waals surface area (Å²) in [7, 11) is 0. The molecule has 2 heterocycles. The third-order valence-electron chi connectivity index (χ3n) is 5.67. The maximum atomic E-state index is 12.7. The van der Waals surface area contributed by atoms with Crippen LogP contribution < -0.4 is 15.0 Å². The van der Waals surface area contributed by atoms with Gasteiger partial charge in [0.05, 0.1) is 12.2 Å². The Bertz CT molecular complexity index is 1150. The van der Waals surface area contributed by atoms with Gasteiger partial charge in [0.15, 0.2) is 0 Å². The van der Waals surface area contributed by atoms with Crippen molar-refractivity contribution in [3.05, 3.63) is 59.4 Å². The highest BCUT2D eigenvalue weighted by Gasteiger charge is 2.30. The maximum absolute atomic E-state index is 12.7. The zero-order valence-electron chi connectivity index (χ0n) is 19.5. The number of aliphatic hydroxyl groups excluding tert-OH is 1. The monoisotopic (exact) mass is 488 g/mol. The van der Waals surface area contributed by atoms with Gasteiger partial charge < -0.3 is 20.1 Å². The number of aliphatic hydroxyl groups is 1. The number of hydrogen-bond donors (Lipinski definition) is 2. The average Bonchev–Trinajstić information content (AvgIpc) is 2.81. The minimum atomic E-state index is -4.38. The molecule has 0 amide bonds. The molecule has 1 aliphatic rings. The largest absolute Gasteiger partial charge is 0.457 e. The Hall–Kier alpha value is -3.44. The number of hydrogen-bond acceptors (Lipinski definition) is 8. The quantitative estimate of drug-likeness (QED) is 0.513. The van der Waals surface area contributed by atoms with Crippen LogP contribution in [-0.4, -0.2) is 64.3 Å². The zero-order valence-corrected chi connectivity index (χ0v) is 19.5. The average molecular weight is 489 g/mol. The molecule has 2 aromatic carbocycles. The van der Waals surface area contributed by atoms with E-state index in [2.05, 4.69) is 30.1 Å². The molecule has 1 aromatic heterocycles. The highest BCUT2D eigenvalue weighted by atomic mass is 19.4. The zero-order chi connectivity index (χ0) is 25.0. The highest BCUT2D eigenvalue weighted by molar-refractivity contribution is 5.60. The van der Waals surface area contributed by atoms with Crippen molar-refractivity contribution < 1.29 is 23.0 Å². The second-order valence-electron chi connectivity index (χ2n) is 8.28. The van der Waals surface area contributed by atoms with Crippen LogP contribution in [0.25, 0.3) is 0 Å². The Balaban J connectivity index is 1.43. The molecular formula is C24H27F3N6O2. The maximum Gasteiger partial charge on any atom is 0.416 e. The van der Waals surface area contributed by atoms with Crippen molar-refractivity contribution in [3.8, 4) is 11.5 Å². The topological polar surface area (TPSA) is 86.6 Å². The van der Waals surface area contributed by atoms with Crippen LogP contribution in [0, 0.1) is 13.8 Å². The Labute approximate surface area is 201 Å². The predicted molar refractivity (Wildman–Crippen MR) is 126 cm³/mol. The summed E-state index contributed by atoms with van der Waals surface area (Å²) >= 11 is 0. The standard InChI is InChI=1S/C24H27F3N6O2/c1-16-15-20(35-19-5-3-18(4-6-19)24(25,26)27)7-8-21(16)30-22-28-17(2)29-23(31-22)33-11-9-32(10-12-33)13-14-34/h3-8,15,34H,9-14H2,1-2H3,(H,28,29,30,31). The van der Waals surface area contributed by atoms with Crippen LogP contribution in [0.1, 0.15) is 17.0 Å². The summed E-state index contributed by atoms with van der Waals surface area (Å²) < 4.78 is 44.0. The smallest absolute Gasteiger partial charge is 0.416 e. The SMILES string of the molecule is Cc1nc(Nc2ccc(Oc3ccc(C(F)(F)F)cc3)cc2C)nc(N2CCN(CCO)CC2)n1. The molecule has 0 spiro atoms. The summed E-state index contributed by atoms with van der Waals surface area (Å²) in [5.41, 5.74) is 0.903. The molecule has 0 unspecified atom stereocenters. The molecule has 0 saturated carbocycles. The predicted octanol–water partition coefficient (Wildman–Crippen LogP) is 4.16. The van der Waals surface area contributed by atoms with Crippen LogP contribution in [0.2, 0.25) is 0 Å². The first-order valence-electron chi connectivity index (χ1n) is 11.2. The number of nitrogens with one attached hydrogen (secondary N) is 1. The van der Waals surface area contributed by atoms with Crippen molar-refractivity contribution in [2.24, 2.45) is 0 Å². The van der Waals surface area contributed by atoms with Gasteiger partial charge in [0.1, 0.15) is 17.3 Å². The number of β-amino-alcohol motifs (C(OH)–C–C–N with tert-alkyl or cyclic N) is 1. The summed E-state index contributed by atoms with van der Waals surface area (Å²) in [6, 6.07) is 9.89. The van der Waals surface area contributed by atoms with Gasteiger partial charge in [-0.1, -0.05) is 0 Å². The van der Waals surface area contributed by atoms with Gasteiger partial charge in [0, 0.05) is 38.4 Å². The normalized spacial score (nSPS) is 14.7. The third-order valence-corrected chi connectivity index (χ3v) is 5.67. The van der Waals surface area contributed by atoms with E-state index in [0.717, 1.165) is 49.6 Å². The number of rotatable bonds is 7. The van der Waals surface area contributed by atoms with E-state index in [1.165, 1.54) is 12.1 Å². The fraction of sp³-hybridized carbons (Fsp3) is 0.375. The first-order valence-corrected chi connectivity index (χ1v) is 11.2. The van der Waals surface area contributed by atoms with Gasteiger partial charge in [-0.05, 0) is 61.9 Å². The Morgan fingerprint density at radius 2 is 1.63 bits per heavy atom. The van der Waals surface area contributed by atoms with Gasteiger partial charge in [0.2, 0.25) is 11.9 Å². The summed E-state index contributed by atoms with van der Waals surface area (Å²) in [5.74, 6) is 2.43.